The molecule has 3 heterocycles. The van der Waals surface area contributed by atoms with Crippen molar-refractivity contribution in [2.45, 2.75) is 45.2 Å². The van der Waals surface area contributed by atoms with Crippen LogP contribution in [0.15, 0.2) is 10.9 Å². The molecule has 1 aromatic heterocycles. The highest BCUT2D eigenvalue weighted by Crippen LogP contribution is 2.27. The van der Waals surface area contributed by atoms with E-state index >= 15 is 0 Å². The summed E-state index contributed by atoms with van der Waals surface area (Å²) < 4.78 is 1.55. The molecule has 0 saturated heterocycles. The summed E-state index contributed by atoms with van der Waals surface area (Å²) in [6.07, 6.45) is 2.23. The molecule has 0 radical (unpaired) electrons. The number of carbonyl (C=O) groups excluding carboxylic acids is 2. The van der Waals surface area contributed by atoms with Crippen LogP contribution >= 0.6 is 0 Å². The number of hydrogen-bond donors (Lipinski definition) is 1. The Morgan fingerprint density at radius 1 is 1.23 bits per heavy atom. The van der Waals surface area contributed by atoms with Crippen LogP contribution in [0.5, 0.6) is 0 Å². The molecule has 6 heteroatoms. The minimum absolute atomic E-state index is 0.173. The summed E-state index contributed by atoms with van der Waals surface area (Å²) in [6, 6.07) is 1.37. The maximum absolute atomic E-state index is 13.0. The van der Waals surface area contributed by atoms with Gasteiger partial charge in [0.1, 0.15) is 5.69 Å². The van der Waals surface area contributed by atoms with E-state index in [1.54, 1.807) is 16.5 Å². The zero-order valence-electron chi connectivity index (χ0n) is 13.2. The highest BCUT2D eigenvalue weighted by atomic mass is 16.2. The number of nitrogens with zero attached hydrogens (tertiary/aromatic N) is 2. The van der Waals surface area contributed by atoms with E-state index in [1.165, 1.54) is 6.07 Å². The molecule has 0 saturated carbocycles. The van der Waals surface area contributed by atoms with Gasteiger partial charge in [-0.1, -0.05) is 0 Å². The summed E-state index contributed by atoms with van der Waals surface area (Å²) >= 11 is 0. The first-order chi connectivity index (χ1) is 10.3. The van der Waals surface area contributed by atoms with Crippen molar-refractivity contribution in [3.8, 4) is 0 Å². The molecule has 2 aliphatic heterocycles. The molecule has 6 nitrogen and oxygen atoms in total. The number of rotatable bonds is 0. The van der Waals surface area contributed by atoms with Gasteiger partial charge < -0.3 is 14.8 Å². The van der Waals surface area contributed by atoms with Crippen LogP contribution in [0.1, 0.15) is 53.1 Å². The lowest BCUT2D eigenvalue weighted by Gasteiger charge is -2.39. The van der Waals surface area contributed by atoms with Gasteiger partial charge in [-0.3, -0.25) is 14.4 Å². The predicted molar refractivity (Wildman–Crippen MR) is 82.1 cm³/mol. The number of pyridine rings is 1. The van der Waals surface area contributed by atoms with Crippen LogP contribution in [0.3, 0.4) is 0 Å². The first kappa shape index (κ1) is 14.8. The Hall–Kier alpha value is -2.11. The first-order valence-electron chi connectivity index (χ1n) is 7.66. The van der Waals surface area contributed by atoms with Gasteiger partial charge in [-0.2, -0.15) is 0 Å². The van der Waals surface area contributed by atoms with Crippen LogP contribution < -0.4 is 10.9 Å². The second-order valence-corrected chi connectivity index (χ2v) is 6.66. The SMILES string of the molecule is CN1C(=O)c2c3c(cc(=O)n2CCCC1(C)C)C(=O)NCC3. The maximum Gasteiger partial charge on any atom is 0.271 e. The van der Waals surface area contributed by atoms with Crippen molar-refractivity contribution in [3.63, 3.8) is 0 Å². The summed E-state index contributed by atoms with van der Waals surface area (Å²) in [5, 5.41) is 2.73. The Balaban J connectivity index is 2.26. The third-order valence-electron chi connectivity index (χ3n) is 4.91. The van der Waals surface area contributed by atoms with Gasteiger partial charge in [0.15, 0.2) is 0 Å². The quantitative estimate of drug-likeness (QED) is 0.770. The normalized spacial score (nSPS) is 20.6. The molecule has 0 bridgehead atoms. The Morgan fingerprint density at radius 3 is 2.68 bits per heavy atom. The van der Waals surface area contributed by atoms with Crippen molar-refractivity contribution in [2.75, 3.05) is 13.6 Å². The Morgan fingerprint density at radius 2 is 1.95 bits per heavy atom. The lowest BCUT2D eigenvalue weighted by Crippen LogP contribution is -2.49. The van der Waals surface area contributed by atoms with Crippen LogP contribution in [-0.4, -0.2) is 40.4 Å². The first-order valence-corrected chi connectivity index (χ1v) is 7.66. The number of nitrogens with one attached hydrogen (secondary N) is 1. The van der Waals surface area contributed by atoms with E-state index in [4.69, 9.17) is 0 Å². The molecule has 3 rings (SSSR count). The predicted octanol–water partition coefficient (Wildman–Crippen LogP) is 0.779. The van der Waals surface area contributed by atoms with Gasteiger partial charge in [0.25, 0.3) is 17.4 Å². The molecule has 1 N–H and O–H groups in total. The van der Waals surface area contributed by atoms with Gasteiger partial charge in [-0.05, 0) is 38.7 Å². The second-order valence-electron chi connectivity index (χ2n) is 6.66. The van der Waals surface area contributed by atoms with Gasteiger partial charge >= 0.3 is 0 Å². The zero-order chi connectivity index (χ0) is 16.1. The van der Waals surface area contributed by atoms with Crippen molar-refractivity contribution in [3.05, 3.63) is 33.2 Å². The number of carbonyl (C=O) groups is 2. The van der Waals surface area contributed by atoms with Gasteiger partial charge in [-0.15, -0.1) is 0 Å². The molecule has 0 fully saturated rings. The third-order valence-corrected chi connectivity index (χ3v) is 4.91. The maximum atomic E-state index is 13.0. The van der Waals surface area contributed by atoms with Gasteiger partial charge in [0.05, 0.1) is 5.56 Å². The molecule has 0 unspecified atom stereocenters. The van der Waals surface area contributed by atoms with Crippen LogP contribution in [0, 0.1) is 0 Å². The van der Waals surface area contributed by atoms with Crippen molar-refractivity contribution >= 4 is 11.8 Å². The summed E-state index contributed by atoms with van der Waals surface area (Å²) in [6.45, 7) is 5.07. The van der Waals surface area contributed by atoms with Crippen molar-refractivity contribution in [2.24, 2.45) is 0 Å². The van der Waals surface area contributed by atoms with Crippen molar-refractivity contribution in [1.82, 2.24) is 14.8 Å². The van der Waals surface area contributed by atoms with E-state index in [2.05, 4.69) is 5.32 Å². The average molecular weight is 303 g/mol. The second kappa shape index (κ2) is 4.97. The fourth-order valence-electron chi connectivity index (χ4n) is 3.28. The van der Waals surface area contributed by atoms with Crippen LogP contribution in [0.2, 0.25) is 0 Å². The van der Waals surface area contributed by atoms with Gasteiger partial charge in [0, 0.05) is 31.7 Å². The third kappa shape index (κ3) is 2.14. The fourth-order valence-corrected chi connectivity index (χ4v) is 3.28. The summed E-state index contributed by atoms with van der Waals surface area (Å²) in [4.78, 5) is 39.0. The molecule has 22 heavy (non-hydrogen) atoms. The fraction of sp³-hybridized carbons (Fsp3) is 0.562. The average Bonchev–Trinajstić information content (AvgIpc) is 2.46. The Kier molecular flexibility index (Phi) is 3.34. The Labute approximate surface area is 129 Å². The van der Waals surface area contributed by atoms with E-state index in [1.807, 2.05) is 13.8 Å². The van der Waals surface area contributed by atoms with Crippen LogP contribution in [0.4, 0.5) is 0 Å². The molecule has 2 amide bonds. The standard InChI is InChI=1S/C16H21N3O3/c1-16(2)6-4-8-19-12(20)9-11-10(5-7-17-14(11)21)13(19)15(22)18(16)3/h9H,4-8H2,1-3H3,(H,17,21). The zero-order valence-corrected chi connectivity index (χ0v) is 13.2. The van der Waals surface area contributed by atoms with Crippen LogP contribution in [-0.2, 0) is 13.0 Å². The lowest BCUT2D eigenvalue weighted by molar-refractivity contribution is 0.0570. The van der Waals surface area contributed by atoms with E-state index in [0.29, 0.717) is 36.3 Å². The number of fused-ring (bicyclic) bond motifs is 3. The monoisotopic (exact) mass is 303 g/mol. The summed E-state index contributed by atoms with van der Waals surface area (Å²) in [5.74, 6) is -0.438. The van der Waals surface area contributed by atoms with Gasteiger partial charge in [0.2, 0.25) is 0 Å². The van der Waals surface area contributed by atoms with E-state index in [9.17, 15) is 14.4 Å². The number of aromatic nitrogens is 1. The molecule has 0 aromatic carbocycles. The molecule has 0 atom stereocenters. The molecule has 118 valence electrons. The summed E-state index contributed by atoms with van der Waals surface area (Å²) in [7, 11) is 1.77. The highest BCUT2D eigenvalue weighted by molar-refractivity contribution is 6.02. The minimum atomic E-state index is -0.271. The van der Waals surface area contributed by atoms with Crippen molar-refractivity contribution in [1.29, 1.82) is 0 Å². The molecular weight excluding hydrogens is 282 g/mol. The highest BCUT2D eigenvalue weighted by Gasteiger charge is 2.35. The van der Waals surface area contributed by atoms with Crippen LogP contribution in [0.25, 0.3) is 0 Å². The lowest BCUT2D eigenvalue weighted by atomic mass is 9.92. The van der Waals surface area contributed by atoms with E-state index < -0.39 is 0 Å². The molecular formula is C16H21N3O3. The smallest absolute Gasteiger partial charge is 0.271 e. The molecule has 0 aliphatic carbocycles. The molecule has 0 spiro atoms. The molecule has 2 aliphatic rings. The summed E-state index contributed by atoms with van der Waals surface area (Å²) in [5.41, 5.74) is 0.915. The Bertz CT molecular complexity index is 718. The van der Waals surface area contributed by atoms with Crippen molar-refractivity contribution < 1.29 is 9.59 Å². The topological polar surface area (TPSA) is 71.4 Å². The molecule has 1 aromatic rings. The van der Waals surface area contributed by atoms with E-state index in [-0.39, 0.29) is 22.9 Å². The largest absolute Gasteiger partial charge is 0.352 e. The number of amides is 2. The van der Waals surface area contributed by atoms with Gasteiger partial charge in [-0.25, -0.2) is 0 Å². The van der Waals surface area contributed by atoms with E-state index in [0.717, 1.165) is 12.8 Å². The minimum Gasteiger partial charge on any atom is -0.352 e. The number of hydrogen-bond acceptors (Lipinski definition) is 3.